The Hall–Kier alpha value is -0.250. The van der Waals surface area contributed by atoms with Gasteiger partial charge in [-0.05, 0) is 30.2 Å². The molecule has 1 aliphatic rings. The minimum Gasteiger partial charge on any atom is -0.379 e. The standard InChI is InChI=1S/C12H15BrClNO/c1-15(11-4-5-16-8-11)12-3-2-10(14)6-9(12)7-13/h2-3,6,11H,4-5,7-8H2,1H3. The first kappa shape index (κ1) is 12.2. The van der Waals surface area contributed by atoms with Crippen molar-refractivity contribution in [2.24, 2.45) is 0 Å². The molecule has 1 aliphatic heterocycles. The largest absolute Gasteiger partial charge is 0.379 e. The van der Waals surface area contributed by atoms with Crippen molar-refractivity contribution < 1.29 is 4.74 Å². The van der Waals surface area contributed by atoms with Crippen molar-refractivity contribution in [3.05, 3.63) is 28.8 Å². The van der Waals surface area contributed by atoms with Gasteiger partial charge in [0.2, 0.25) is 0 Å². The van der Waals surface area contributed by atoms with Gasteiger partial charge in [-0.3, -0.25) is 0 Å². The molecule has 1 fully saturated rings. The summed E-state index contributed by atoms with van der Waals surface area (Å²) in [5, 5.41) is 1.61. The predicted molar refractivity (Wildman–Crippen MR) is 71.7 cm³/mol. The van der Waals surface area contributed by atoms with Gasteiger partial charge in [0, 0.05) is 29.7 Å². The van der Waals surface area contributed by atoms with Crippen molar-refractivity contribution in [3.8, 4) is 0 Å². The van der Waals surface area contributed by atoms with E-state index in [2.05, 4.69) is 33.9 Å². The highest BCUT2D eigenvalue weighted by molar-refractivity contribution is 9.08. The molecule has 0 radical (unpaired) electrons. The summed E-state index contributed by atoms with van der Waals surface area (Å²) in [7, 11) is 2.12. The average Bonchev–Trinajstić information content (AvgIpc) is 2.81. The molecule has 0 N–H and O–H groups in total. The minimum absolute atomic E-state index is 0.485. The molecule has 1 heterocycles. The Morgan fingerprint density at radius 2 is 2.38 bits per heavy atom. The van der Waals surface area contributed by atoms with Crippen LogP contribution < -0.4 is 4.90 Å². The molecular weight excluding hydrogens is 289 g/mol. The van der Waals surface area contributed by atoms with Gasteiger partial charge in [0.05, 0.1) is 12.6 Å². The molecule has 16 heavy (non-hydrogen) atoms. The van der Waals surface area contributed by atoms with Crippen LogP contribution in [0.3, 0.4) is 0 Å². The maximum atomic E-state index is 6.00. The number of anilines is 1. The average molecular weight is 305 g/mol. The Morgan fingerprint density at radius 1 is 1.56 bits per heavy atom. The molecule has 0 aliphatic carbocycles. The number of likely N-dealkylation sites (N-methyl/N-ethyl adjacent to an activating group) is 1. The molecular formula is C12H15BrClNO. The zero-order chi connectivity index (χ0) is 11.5. The van der Waals surface area contributed by atoms with Gasteiger partial charge in [-0.2, -0.15) is 0 Å². The fraction of sp³-hybridized carbons (Fsp3) is 0.500. The number of ether oxygens (including phenoxy) is 1. The van der Waals surface area contributed by atoms with Crippen LogP contribution in [0, 0.1) is 0 Å². The van der Waals surface area contributed by atoms with Crippen molar-refractivity contribution in [3.63, 3.8) is 0 Å². The lowest BCUT2D eigenvalue weighted by atomic mass is 10.1. The van der Waals surface area contributed by atoms with Crippen LogP contribution in [0.5, 0.6) is 0 Å². The first-order chi connectivity index (χ1) is 7.72. The Labute approximate surface area is 110 Å². The molecule has 0 aromatic heterocycles. The van der Waals surface area contributed by atoms with E-state index in [0.717, 1.165) is 30.0 Å². The van der Waals surface area contributed by atoms with Gasteiger partial charge < -0.3 is 9.64 Å². The third-order valence-electron chi connectivity index (χ3n) is 3.02. The van der Waals surface area contributed by atoms with Gasteiger partial charge in [0.25, 0.3) is 0 Å². The maximum absolute atomic E-state index is 6.00. The number of nitrogens with zero attached hydrogens (tertiary/aromatic N) is 1. The van der Waals surface area contributed by atoms with E-state index in [0.29, 0.717) is 6.04 Å². The van der Waals surface area contributed by atoms with E-state index in [4.69, 9.17) is 16.3 Å². The highest BCUT2D eigenvalue weighted by Gasteiger charge is 2.21. The zero-order valence-electron chi connectivity index (χ0n) is 9.25. The van der Waals surface area contributed by atoms with Gasteiger partial charge in [0.1, 0.15) is 0 Å². The molecule has 1 aromatic rings. The number of hydrogen-bond acceptors (Lipinski definition) is 2. The van der Waals surface area contributed by atoms with Crippen LogP contribution in [0.25, 0.3) is 0 Å². The normalized spacial score (nSPS) is 20.1. The molecule has 1 aromatic carbocycles. The van der Waals surface area contributed by atoms with Crippen molar-refractivity contribution in [2.45, 2.75) is 17.8 Å². The SMILES string of the molecule is CN(c1ccc(Cl)cc1CBr)C1CCOC1. The van der Waals surface area contributed by atoms with E-state index in [9.17, 15) is 0 Å². The summed E-state index contributed by atoms with van der Waals surface area (Å²) in [5.41, 5.74) is 2.46. The maximum Gasteiger partial charge on any atom is 0.0670 e. The molecule has 2 rings (SSSR count). The van der Waals surface area contributed by atoms with Crippen LogP contribution in [0.4, 0.5) is 5.69 Å². The lowest BCUT2D eigenvalue weighted by molar-refractivity contribution is 0.193. The molecule has 1 atom stereocenters. The summed E-state index contributed by atoms with van der Waals surface area (Å²) in [6.45, 7) is 1.69. The summed E-state index contributed by atoms with van der Waals surface area (Å²) in [5.74, 6) is 0. The van der Waals surface area contributed by atoms with E-state index < -0.39 is 0 Å². The monoisotopic (exact) mass is 303 g/mol. The molecule has 0 spiro atoms. The summed E-state index contributed by atoms with van der Waals surface area (Å²) in [6.07, 6.45) is 1.10. The van der Waals surface area contributed by atoms with Crippen molar-refractivity contribution in [1.82, 2.24) is 0 Å². The molecule has 0 saturated carbocycles. The Kier molecular flexibility index (Phi) is 4.11. The Balaban J connectivity index is 2.24. The molecule has 0 amide bonds. The van der Waals surface area contributed by atoms with Crippen LogP contribution in [-0.2, 0) is 10.1 Å². The third-order valence-corrected chi connectivity index (χ3v) is 3.86. The molecule has 1 unspecified atom stereocenters. The molecule has 0 bridgehead atoms. The number of hydrogen-bond donors (Lipinski definition) is 0. The van der Waals surface area contributed by atoms with E-state index in [1.165, 1.54) is 11.3 Å². The fourth-order valence-electron chi connectivity index (χ4n) is 2.03. The smallest absolute Gasteiger partial charge is 0.0670 e. The van der Waals surface area contributed by atoms with Crippen LogP contribution in [0.2, 0.25) is 5.02 Å². The Bertz CT molecular complexity index is 366. The molecule has 88 valence electrons. The Morgan fingerprint density at radius 3 is 3.00 bits per heavy atom. The summed E-state index contributed by atoms with van der Waals surface area (Å²) < 4.78 is 5.42. The highest BCUT2D eigenvalue weighted by Crippen LogP contribution is 2.28. The summed E-state index contributed by atoms with van der Waals surface area (Å²) in [4.78, 5) is 2.29. The van der Waals surface area contributed by atoms with Crippen LogP contribution >= 0.6 is 27.5 Å². The lowest BCUT2D eigenvalue weighted by Gasteiger charge is -2.27. The van der Waals surface area contributed by atoms with E-state index in [-0.39, 0.29) is 0 Å². The third kappa shape index (κ3) is 2.53. The number of rotatable bonds is 3. The summed E-state index contributed by atoms with van der Waals surface area (Å²) in [6, 6.07) is 6.52. The van der Waals surface area contributed by atoms with Crippen molar-refractivity contribution in [1.29, 1.82) is 0 Å². The molecule has 1 saturated heterocycles. The van der Waals surface area contributed by atoms with Crippen LogP contribution in [0.15, 0.2) is 18.2 Å². The quantitative estimate of drug-likeness (QED) is 0.793. The van der Waals surface area contributed by atoms with Crippen molar-refractivity contribution in [2.75, 3.05) is 25.2 Å². The van der Waals surface area contributed by atoms with Crippen LogP contribution in [-0.4, -0.2) is 26.3 Å². The van der Waals surface area contributed by atoms with Gasteiger partial charge in [-0.15, -0.1) is 0 Å². The molecule has 2 nitrogen and oxygen atoms in total. The minimum atomic E-state index is 0.485. The highest BCUT2D eigenvalue weighted by atomic mass is 79.9. The van der Waals surface area contributed by atoms with Gasteiger partial charge in [-0.25, -0.2) is 0 Å². The number of halogens is 2. The second kappa shape index (κ2) is 5.39. The van der Waals surface area contributed by atoms with Gasteiger partial charge >= 0.3 is 0 Å². The summed E-state index contributed by atoms with van der Waals surface area (Å²) >= 11 is 9.50. The van der Waals surface area contributed by atoms with Gasteiger partial charge in [-0.1, -0.05) is 27.5 Å². The number of benzene rings is 1. The van der Waals surface area contributed by atoms with E-state index >= 15 is 0 Å². The first-order valence-electron chi connectivity index (χ1n) is 5.37. The molecule has 4 heteroatoms. The van der Waals surface area contributed by atoms with E-state index in [1.54, 1.807) is 0 Å². The van der Waals surface area contributed by atoms with E-state index in [1.807, 2.05) is 12.1 Å². The van der Waals surface area contributed by atoms with Gasteiger partial charge in [0.15, 0.2) is 0 Å². The number of alkyl halides is 1. The second-order valence-corrected chi connectivity index (χ2v) is 5.03. The van der Waals surface area contributed by atoms with Crippen molar-refractivity contribution >= 4 is 33.2 Å². The first-order valence-corrected chi connectivity index (χ1v) is 6.87. The zero-order valence-corrected chi connectivity index (χ0v) is 11.6. The predicted octanol–water partition coefficient (Wildman–Crippen LogP) is 3.46. The second-order valence-electron chi connectivity index (χ2n) is 4.03. The lowest BCUT2D eigenvalue weighted by Crippen LogP contribution is -2.32. The fourth-order valence-corrected chi connectivity index (χ4v) is 2.67. The topological polar surface area (TPSA) is 12.5 Å². The van der Waals surface area contributed by atoms with Crippen LogP contribution in [0.1, 0.15) is 12.0 Å².